The van der Waals surface area contributed by atoms with Crippen LogP contribution in [-0.4, -0.2) is 19.4 Å². The van der Waals surface area contributed by atoms with E-state index in [-0.39, 0.29) is 16.2 Å². The van der Waals surface area contributed by atoms with Gasteiger partial charge in [-0.15, -0.1) is 4.83 Å². The Bertz CT molecular complexity index is 878. The fourth-order valence-corrected chi connectivity index (χ4v) is 3.67. The smallest absolute Gasteiger partial charge is 0.269 e. The molecule has 0 heterocycles. The van der Waals surface area contributed by atoms with Crippen molar-refractivity contribution in [3.63, 3.8) is 0 Å². The standard InChI is InChI=1S/C17H18N2O4S/c20-16-8-4-3-7-15(16)17(21)18-19-24(22,23)14-10-9-12-5-1-2-6-13(12)11-14/h3-4,7-11,19-20H,1-2,5-6H2,(H,18,21). The highest BCUT2D eigenvalue weighted by atomic mass is 32.2. The second-order valence-electron chi connectivity index (χ2n) is 5.71. The maximum absolute atomic E-state index is 12.4. The number of nitrogens with one attached hydrogen (secondary N) is 2. The van der Waals surface area contributed by atoms with E-state index in [0.717, 1.165) is 31.2 Å². The van der Waals surface area contributed by atoms with E-state index in [1.807, 2.05) is 6.07 Å². The van der Waals surface area contributed by atoms with Crippen LogP contribution >= 0.6 is 0 Å². The molecule has 126 valence electrons. The largest absolute Gasteiger partial charge is 0.507 e. The summed E-state index contributed by atoms with van der Waals surface area (Å²) >= 11 is 0. The summed E-state index contributed by atoms with van der Waals surface area (Å²) in [6.45, 7) is 0. The van der Waals surface area contributed by atoms with Crippen LogP contribution in [0.15, 0.2) is 47.4 Å². The molecule has 0 atom stereocenters. The zero-order valence-corrected chi connectivity index (χ0v) is 13.8. The molecule has 6 nitrogen and oxygen atoms in total. The Kier molecular flexibility index (Phi) is 4.55. The molecule has 1 aliphatic carbocycles. The molecule has 0 saturated carbocycles. The number of aryl methyl sites for hydroxylation is 2. The Morgan fingerprint density at radius 2 is 1.71 bits per heavy atom. The average molecular weight is 346 g/mol. The topological polar surface area (TPSA) is 95.5 Å². The van der Waals surface area contributed by atoms with Crippen LogP contribution in [0.25, 0.3) is 0 Å². The van der Waals surface area contributed by atoms with Crippen molar-refractivity contribution in [1.82, 2.24) is 10.3 Å². The SMILES string of the molecule is O=C(NNS(=O)(=O)c1ccc2c(c1)CCCC2)c1ccccc1O. The number of benzene rings is 2. The highest BCUT2D eigenvalue weighted by Crippen LogP contribution is 2.24. The number of hydrogen-bond acceptors (Lipinski definition) is 4. The first kappa shape index (κ1) is 16.5. The number of rotatable bonds is 4. The maximum Gasteiger partial charge on any atom is 0.269 e. The first-order chi connectivity index (χ1) is 11.5. The summed E-state index contributed by atoms with van der Waals surface area (Å²) in [5.74, 6) is -0.947. The molecule has 0 unspecified atom stereocenters. The molecule has 1 amide bonds. The number of carbonyl (C=O) groups excluding carboxylic acids is 1. The lowest BCUT2D eigenvalue weighted by Gasteiger charge is -2.17. The van der Waals surface area contributed by atoms with E-state index in [0.29, 0.717) is 0 Å². The number of phenols is 1. The summed E-state index contributed by atoms with van der Waals surface area (Å²) < 4.78 is 24.7. The Morgan fingerprint density at radius 3 is 2.46 bits per heavy atom. The van der Waals surface area contributed by atoms with Gasteiger partial charge in [-0.1, -0.05) is 18.2 Å². The predicted octanol–water partition coefficient (Wildman–Crippen LogP) is 1.89. The zero-order valence-electron chi connectivity index (χ0n) is 13.0. The van der Waals surface area contributed by atoms with E-state index >= 15 is 0 Å². The van der Waals surface area contributed by atoms with Gasteiger partial charge in [-0.05, 0) is 61.1 Å². The van der Waals surface area contributed by atoms with Crippen molar-refractivity contribution in [3.8, 4) is 5.75 Å². The number of para-hydroxylation sites is 1. The lowest BCUT2D eigenvalue weighted by atomic mass is 9.92. The Hall–Kier alpha value is -2.38. The number of aromatic hydroxyl groups is 1. The van der Waals surface area contributed by atoms with E-state index in [4.69, 9.17) is 0 Å². The molecule has 0 aromatic heterocycles. The molecular formula is C17H18N2O4S. The fourth-order valence-electron chi connectivity index (χ4n) is 2.78. The number of hydrogen-bond donors (Lipinski definition) is 3. The number of fused-ring (bicyclic) bond motifs is 1. The van der Waals surface area contributed by atoms with Crippen molar-refractivity contribution in [3.05, 3.63) is 59.2 Å². The minimum atomic E-state index is -3.87. The van der Waals surface area contributed by atoms with E-state index in [2.05, 4.69) is 10.3 Å². The predicted molar refractivity (Wildman–Crippen MR) is 89.0 cm³/mol. The van der Waals surface area contributed by atoms with Crippen LogP contribution in [0.1, 0.15) is 34.3 Å². The van der Waals surface area contributed by atoms with Gasteiger partial charge in [0.15, 0.2) is 0 Å². The van der Waals surface area contributed by atoms with Crippen molar-refractivity contribution < 1.29 is 18.3 Å². The summed E-state index contributed by atoms with van der Waals surface area (Å²) in [5, 5.41) is 9.62. The van der Waals surface area contributed by atoms with E-state index in [9.17, 15) is 18.3 Å². The molecule has 7 heteroatoms. The molecule has 0 bridgehead atoms. The molecule has 24 heavy (non-hydrogen) atoms. The highest BCUT2D eigenvalue weighted by molar-refractivity contribution is 7.89. The van der Waals surface area contributed by atoms with Crippen LogP contribution in [0.2, 0.25) is 0 Å². The van der Waals surface area contributed by atoms with Gasteiger partial charge in [0, 0.05) is 0 Å². The van der Waals surface area contributed by atoms with E-state index < -0.39 is 15.9 Å². The van der Waals surface area contributed by atoms with Gasteiger partial charge >= 0.3 is 0 Å². The van der Waals surface area contributed by atoms with Crippen LogP contribution < -0.4 is 10.3 Å². The first-order valence-corrected chi connectivity index (χ1v) is 9.17. The first-order valence-electron chi connectivity index (χ1n) is 7.69. The minimum Gasteiger partial charge on any atom is -0.507 e. The van der Waals surface area contributed by atoms with Gasteiger partial charge in [-0.2, -0.15) is 0 Å². The van der Waals surface area contributed by atoms with Crippen LogP contribution in [0.4, 0.5) is 0 Å². The third-order valence-corrected chi connectivity index (χ3v) is 5.32. The summed E-state index contributed by atoms with van der Waals surface area (Å²) in [4.78, 5) is 14.2. The Morgan fingerprint density at radius 1 is 1.00 bits per heavy atom. The molecule has 0 spiro atoms. The van der Waals surface area contributed by atoms with Gasteiger partial charge in [-0.25, -0.2) is 8.42 Å². The summed E-state index contributed by atoms with van der Waals surface area (Å²) in [6.07, 6.45) is 4.00. The van der Waals surface area contributed by atoms with Gasteiger partial charge in [0.05, 0.1) is 10.5 Å². The van der Waals surface area contributed by atoms with Crippen molar-refractivity contribution in [2.24, 2.45) is 0 Å². The zero-order chi connectivity index (χ0) is 17.2. The molecule has 3 rings (SSSR count). The molecule has 0 aliphatic heterocycles. The van der Waals surface area contributed by atoms with Crippen LogP contribution in [-0.2, 0) is 22.9 Å². The average Bonchev–Trinajstić information content (AvgIpc) is 2.60. The van der Waals surface area contributed by atoms with Crippen LogP contribution in [0, 0.1) is 0 Å². The second kappa shape index (κ2) is 6.62. The summed E-state index contributed by atoms with van der Waals surface area (Å²) in [5.41, 5.74) is 4.33. The summed E-state index contributed by atoms with van der Waals surface area (Å²) in [7, 11) is -3.87. The number of amides is 1. The van der Waals surface area contributed by atoms with Crippen molar-refractivity contribution in [1.29, 1.82) is 0 Å². The van der Waals surface area contributed by atoms with Gasteiger partial charge in [0.1, 0.15) is 5.75 Å². The van der Waals surface area contributed by atoms with Gasteiger partial charge in [-0.3, -0.25) is 10.2 Å². The molecular weight excluding hydrogens is 328 g/mol. The number of hydrazine groups is 1. The quantitative estimate of drug-likeness (QED) is 0.737. The minimum absolute atomic E-state index is 0.00867. The molecule has 2 aromatic carbocycles. The second-order valence-corrected chi connectivity index (χ2v) is 7.40. The van der Waals surface area contributed by atoms with Crippen LogP contribution in [0.5, 0.6) is 5.75 Å². The van der Waals surface area contributed by atoms with E-state index in [1.54, 1.807) is 24.3 Å². The highest BCUT2D eigenvalue weighted by Gasteiger charge is 2.19. The van der Waals surface area contributed by atoms with Crippen LogP contribution in [0.3, 0.4) is 0 Å². The van der Waals surface area contributed by atoms with Crippen molar-refractivity contribution >= 4 is 15.9 Å². The third-order valence-electron chi connectivity index (χ3n) is 4.08. The number of sulfonamides is 1. The Labute approximate surface area is 140 Å². The number of phenolic OH excluding ortho intramolecular Hbond substituents is 1. The molecule has 2 aromatic rings. The normalized spacial score (nSPS) is 14.0. The summed E-state index contributed by atoms with van der Waals surface area (Å²) in [6, 6.07) is 10.9. The lowest BCUT2D eigenvalue weighted by Crippen LogP contribution is -2.41. The van der Waals surface area contributed by atoms with Gasteiger partial charge in [0.2, 0.25) is 0 Å². The monoisotopic (exact) mass is 346 g/mol. The van der Waals surface area contributed by atoms with Crippen molar-refractivity contribution in [2.75, 3.05) is 0 Å². The lowest BCUT2D eigenvalue weighted by molar-refractivity contribution is 0.0942. The van der Waals surface area contributed by atoms with Gasteiger partial charge in [0.25, 0.3) is 15.9 Å². The number of carbonyl (C=O) groups is 1. The fraction of sp³-hybridized carbons (Fsp3) is 0.235. The molecule has 1 aliphatic rings. The third kappa shape index (κ3) is 3.42. The molecule has 3 N–H and O–H groups in total. The van der Waals surface area contributed by atoms with Gasteiger partial charge < -0.3 is 5.11 Å². The molecule has 0 fully saturated rings. The van der Waals surface area contributed by atoms with Crippen molar-refractivity contribution in [2.45, 2.75) is 30.6 Å². The Balaban J connectivity index is 1.75. The molecule has 0 saturated heterocycles. The maximum atomic E-state index is 12.4. The van der Waals surface area contributed by atoms with E-state index in [1.165, 1.54) is 17.7 Å². The molecule has 0 radical (unpaired) electrons.